The van der Waals surface area contributed by atoms with Crippen molar-refractivity contribution < 1.29 is 0 Å². The van der Waals surface area contributed by atoms with E-state index in [2.05, 4.69) is 68.1 Å². The van der Waals surface area contributed by atoms with Gasteiger partial charge in [0.1, 0.15) is 0 Å². The van der Waals surface area contributed by atoms with E-state index in [1.54, 1.807) is 0 Å². The highest BCUT2D eigenvalue weighted by atomic mass is 79.9. The molecule has 80 valence electrons. The van der Waals surface area contributed by atoms with E-state index in [1.807, 2.05) is 6.92 Å². The Kier molecular flexibility index (Phi) is 5.21. The predicted octanol–water partition coefficient (Wildman–Crippen LogP) is 4.35. The Bertz CT molecular complexity index is 379. The molecule has 0 amide bonds. The second-order valence-corrected chi connectivity index (χ2v) is 4.92. The summed E-state index contributed by atoms with van der Waals surface area (Å²) in [7, 11) is 0. The minimum Gasteiger partial charge on any atom is -0.382 e. The highest BCUT2D eigenvalue weighted by Crippen LogP contribution is 2.32. The van der Waals surface area contributed by atoms with E-state index < -0.39 is 0 Å². The number of nitrogens with one attached hydrogen (secondary N) is 1. The number of halogens is 2. The third kappa shape index (κ3) is 3.89. The first-order chi connectivity index (χ1) is 7.15. The quantitative estimate of drug-likeness (QED) is 0.642. The first-order valence-electron chi connectivity index (χ1n) is 4.74. The Balaban J connectivity index is 2.71. The van der Waals surface area contributed by atoms with Crippen LogP contribution in [0.4, 0.5) is 5.69 Å². The van der Waals surface area contributed by atoms with E-state index in [0.717, 1.165) is 27.6 Å². The number of aryl methyl sites for hydroxylation is 1. The van der Waals surface area contributed by atoms with Crippen LogP contribution in [0.3, 0.4) is 0 Å². The van der Waals surface area contributed by atoms with E-state index in [9.17, 15) is 0 Å². The zero-order chi connectivity index (χ0) is 11.3. The molecule has 0 bridgehead atoms. The lowest BCUT2D eigenvalue weighted by molar-refractivity contribution is 1.09. The van der Waals surface area contributed by atoms with Gasteiger partial charge < -0.3 is 5.32 Å². The summed E-state index contributed by atoms with van der Waals surface area (Å²) >= 11 is 7.08. The van der Waals surface area contributed by atoms with Crippen LogP contribution in [0, 0.1) is 18.8 Å². The molecule has 3 heteroatoms. The molecule has 0 saturated heterocycles. The molecule has 1 nitrogen and oxygen atoms in total. The monoisotopic (exact) mass is 329 g/mol. The Labute approximate surface area is 108 Å². The van der Waals surface area contributed by atoms with E-state index in [-0.39, 0.29) is 0 Å². The second kappa shape index (κ2) is 6.19. The molecule has 0 spiro atoms. The zero-order valence-electron chi connectivity index (χ0n) is 8.82. The number of benzene rings is 1. The molecular formula is C12H13Br2N. The summed E-state index contributed by atoms with van der Waals surface area (Å²) in [5, 5.41) is 3.35. The maximum absolute atomic E-state index is 3.54. The molecule has 0 aliphatic carbocycles. The Morgan fingerprint density at radius 1 is 1.27 bits per heavy atom. The van der Waals surface area contributed by atoms with Gasteiger partial charge in [-0.05, 0) is 63.4 Å². The fourth-order valence-corrected chi connectivity index (χ4v) is 2.94. The third-order valence-corrected chi connectivity index (χ3v) is 3.17. The summed E-state index contributed by atoms with van der Waals surface area (Å²) in [5.74, 6) is 5.90. The zero-order valence-corrected chi connectivity index (χ0v) is 12.0. The van der Waals surface area contributed by atoms with E-state index in [1.165, 1.54) is 5.56 Å². The summed E-state index contributed by atoms with van der Waals surface area (Å²) in [5.41, 5.74) is 2.33. The molecule has 0 atom stereocenters. The molecule has 15 heavy (non-hydrogen) atoms. The number of hydrogen-bond acceptors (Lipinski definition) is 1. The SMILES string of the molecule is CC#CCCNc1c(Br)cc(C)cc1Br. The summed E-state index contributed by atoms with van der Waals surface area (Å²) in [6, 6.07) is 4.19. The van der Waals surface area contributed by atoms with Gasteiger partial charge in [0.05, 0.1) is 5.69 Å². The average molecular weight is 331 g/mol. The summed E-state index contributed by atoms with van der Waals surface area (Å²) in [6.45, 7) is 4.79. The predicted molar refractivity (Wildman–Crippen MR) is 73.1 cm³/mol. The molecule has 0 heterocycles. The van der Waals surface area contributed by atoms with Crippen LogP contribution in [0.2, 0.25) is 0 Å². The molecule has 0 unspecified atom stereocenters. The molecule has 0 fully saturated rings. The normalized spacial score (nSPS) is 9.33. The highest BCUT2D eigenvalue weighted by molar-refractivity contribution is 9.11. The van der Waals surface area contributed by atoms with Gasteiger partial charge in [-0.2, -0.15) is 0 Å². The van der Waals surface area contributed by atoms with Crippen LogP contribution in [0.15, 0.2) is 21.1 Å². The number of anilines is 1. The standard InChI is InChI=1S/C12H13Br2N/c1-3-4-5-6-15-12-10(13)7-9(2)8-11(12)14/h7-8,15H,5-6H2,1-2H3. The molecule has 0 aromatic heterocycles. The van der Waals surface area contributed by atoms with E-state index >= 15 is 0 Å². The molecule has 1 rings (SSSR count). The highest BCUT2D eigenvalue weighted by Gasteiger charge is 2.04. The van der Waals surface area contributed by atoms with E-state index in [4.69, 9.17) is 0 Å². The van der Waals surface area contributed by atoms with Crippen LogP contribution in [0.5, 0.6) is 0 Å². The number of hydrogen-bond donors (Lipinski definition) is 1. The molecule has 0 aliphatic heterocycles. The van der Waals surface area contributed by atoms with Crippen LogP contribution in [0.1, 0.15) is 18.9 Å². The molecule has 1 N–H and O–H groups in total. The minimum atomic E-state index is 0.862. The van der Waals surface area contributed by atoms with Gasteiger partial charge in [-0.3, -0.25) is 0 Å². The lowest BCUT2D eigenvalue weighted by atomic mass is 10.2. The van der Waals surface area contributed by atoms with Crippen molar-refractivity contribution in [2.24, 2.45) is 0 Å². The average Bonchev–Trinajstić information content (AvgIpc) is 2.15. The Morgan fingerprint density at radius 3 is 2.40 bits per heavy atom. The van der Waals surface area contributed by atoms with Gasteiger partial charge >= 0.3 is 0 Å². The first-order valence-corrected chi connectivity index (χ1v) is 6.33. The molecule has 0 saturated carbocycles. The first kappa shape index (κ1) is 12.6. The van der Waals surface area contributed by atoms with Crippen molar-refractivity contribution in [2.75, 3.05) is 11.9 Å². The van der Waals surface area contributed by atoms with Gasteiger partial charge in [-0.15, -0.1) is 11.8 Å². The van der Waals surface area contributed by atoms with Crippen molar-refractivity contribution in [2.45, 2.75) is 20.3 Å². The lowest BCUT2D eigenvalue weighted by Crippen LogP contribution is -2.02. The van der Waals surface area contributed by atoms with Crippen molar-refractivity contribution in [3.8, 4) is 11.8 Å². The second-order valence-electron chi connectivity index (χ2n) is 3.21. The minimum absolute atomic E-state index is 0.862. The molecule has 1 aromatic rings. The molecular weight excluding hydrogens is 318 g/mol. The Hall–Kier alpha value is -0.460. The largest absolute Gasteiger partial charge is 0.382 e. The van der Waals surface area contributed by atoms with Crippen LogP contribution in [-0.4, -0.2) is 6.54 Å². The van der Waals surface area contributed by atoms with Crippen LogP contribution in [0.25, 0.3) is 0 Å². The molecule has 1 aromatic carbocycles. The van der Waals surface area contributed by atoms with Gasteiger partial charge in [0.25, 0.3) is 0 Å². The van der Waals surface area contributed by atoms with Gasteiger partial charge in [-0.25, -0.2) is 0 Å². The van der Waals surface area contributed by atoms with Gasteiger partial charge in [0.15, 0.2) is 0 Å². The van der Waals surface area contributed by atoms with Gasteiger partial charge in [-0.1, -0.05) is 0 Å². The van der Waals surface area contributed by atoms with Crippen molar-refractivity contribution >= 4 is 37.5 Å². The van der Waals surface area contributed by atoms with Crippen molar-refractivity contribution in [1.29, 1.82) is 0 Å². The van der Waals surface area contributed by atoms with Gasteiger partial charge in [0.2, 0.25) is 0 Å². The fraction of sp³-hybridized carbons (Fsp3) is 0.333. The molecule has 0 radical (unpaired) electrons. The maximum atomic E-state index is 3.54. The maximum Gasteiger partial charge on any atom is 0.0629 e. The summed E-state index contributed by atoms with van der Waals surface area (Å²) in [4.78, 5) is 0. The van der Waals surface area contributed by atoms with Crippen molar-refractivity contribution in [3.63, 3.8) is 0 Å². The smallest absolute Gasteiger partial charge is 0.0629 e. The Morgan fingerprint density at radius 2 is 1.87 bits per heavy atom. The fourth-order valence-electron chi connectivity index (χ4n) is 1.24. The molecule has 0 aliphatic rings. The summed E-state index contributed by atoms with van der Waals surface area (Å²) < 4.78 is 2.16. The van der Waals surface area contributed by atoms with Crippen LogP contribution < -0.4 is 5.32 Å². The third-order valence-electron chi connectivity index (χ3n) is 1.91. The lowest BCUT2D eigenvalue weighted by Gasteiger charge is -2.10. The number of rotatable bonds is 3. The topological polar surface area (TPSA) is 12.0 Å². The van der Waals surface area contributed by atoms with Crippen LogP contribution >= 0.6 is 31.9 Å². The van der Waals surface area contributed by atoms with Crippen molar-refractivity contribution in [1.82, 2.24) is 0 Å². The van der Waals surface area contributed by atoms with E-state index in [0.29, 0.717) is 0 Å². The summed E-state index contributed by atoms with van der Waals surface area (Å²) in [6.07, 6.45) is 0.864. The van der Waals surface area contributed by atoms with Gasteiger partial charge in [0, 0.05) is 21.9 Å². The van der Waals surface area contributed by atoms with Crippen molar-refractivity contribution in [3.05, 3.63) is 26.6 Å². The van der Waals surface area contributed by atoms with Crippen LogP contribution in [-0.2, 0) is 0 Å².